The quantitative estimate of drug-likeness (QED) is 0.289. The maximum absolute atomic E-state index is 11.0. The molecule has 0 bridgehead atoms. The van der Waals surface area contributed by atoms with Crippen LogP contribution < -0.4 is 0 Å². The zero-order chi connectivity index (χ0) is 13.0. The van der Waals surface area contributed by atoms with E-state index >= 15 is 0 Å². The Labute approximate surface area is 104 Å². The van der Waals surface area contributed by atoms with Crippen molar-refractivity contribution in [1.29, 1.82) is 0 Å². The zero-order valence-electron chi connectivity index (χ0n) is 8.16. The lowest BCUT2D eigenvalue weighted by atomic mass is 10.4. The molecule has 0 spiro atoms. The lowest BCUT2D eigenvalue weighted by Crippen LogP contribution is -2.19. The number of esters is 1. The van der Waals surface area contributed by atoms with Crippen LogP contribution in [0.2, 0.25) is 5.02 Å². The van der Waals surface area contributed by atoms with Crippen LogP contribution in [0.5, 0.6) is 0 Å². The molecule has 0 aliphatic rings. The molecule has 0 aliphatic carbocycles. The lowest BCUT2D eigenvalue weighted by Gasteiger charge is -2.07. The second-order valence-corrected chi connectivity index (χ2v) is 4.24. The standard InChI is InChI=1S/C8H6ClNO6S/c9-4-1-5(17-3-4)8(10(14)15)16-7(13)2-6(11)12/h1,3,8H,2H2,(H,11,12). The summed E-state index contributed by atoms with van der Waals surface area (Å²) in [6.45, 7) is 0. The number of aliphatic carboxylic acids is 1. The fourth-order valence-corrected chi connectivity index (χ4v) is 2.03. The second kappa shape index (κ2) is 5.60. The highest BCUT2D eigenvalue weighted by atomic mass is 35.5. The van der Waals surface area contributed by atoms with Crippen LogP contribution in [0.4, 0.5) is 0 Å². The van der Waals surface area contributed by atoms with Gasteiger partial charge in [-0.1, -0.05) is 11.6 Å². The van der Waals surface area contributed by atoms with Gasteiger partial charge in [-0.15, -0.1) is 11.3 Å². The summed E-state index contributed by atoms with van der Waals surface area (Å²) in [7, 11) is 0. The molecule has 0 saturated carbocycles. The average Bonchev–Trinajstić information content (AvgIpc) is 2.59. The molecule has 0 aromatic carbocycles. The maximum Gasteiger partial charge on any atom is 0.392 e. The molecule has 1 unspecified atom stereocenters. The largest absolute Gasteiger partial charge is 0.481 e. The number of carboxylic acids is 1. The van der Waals surface area contributed by atoms with Gasteiger partial charge in [0.1, 0.15) is 11.3 Å². The number of halogens is 1. The predicted octanol–water partition coefficient (Wildman–Crippen LogP) is 1.69. The van der Waals surface area contributed by atoms with Crippen molar-refractivity contribution in [1.82, 2.24) is 0 Å². The first-order valence-corrected chi connectivity index (χ1v) is 5.44. The Morgan fingerprint density at radius 3 is 2.71 bits per heavy atom. The molecule has 0 radical (unpaired) electrons. The van der Waals surface area contributed by atoms with E-state index in [0.29, 0.717) is 0 Å². The van der Waals surface area contributed by atoms with Crippen molar-refractivity contribution in [3.8, 4) is 0 Å². The van der Waals surface area contributed by atoms with Gasteiger partial charge in [0.2, 0.25) is 0 Å². The van der Waals surface area contributed by atoms with E-state index in [0.717, 1.165) is 11.3 Å². The van der Waals surface area contributed by atoms with E-state index in [4.69, 9.17) is 16.7 Å². The second-order valence-electron chi connectivity index (χ2n) is 2.87. The monoisotopic (exact) mass is 279 g/mol. The maximum atomic E-state index is 11.0. The summed E-state index contributed by atoms with van der Waals surface area (Å²) < 4.78 is 4.46. The Morgan fingerprint density at radius 2 is 2.29 bits per heavy atom. The summed E-state index contributed by atoms with van der Waals surface area (Å²) in [5.41, 5.74) is 0. The summed E-state index contributed by atoms with van der Waals surface area (Å²) in [6, 6.07) is 1.29. The molecule has 7 nitrogen and oxygen atoms in total. The molecule has 1 rings (SSSR count). The van der Waals surface area contributed by atoms with E-state index in [2.05, 4.69) is 4.74 Å². The smallest absolute Gasteiger partial charge is 0.392 e. The van der Waals surface area contributed by atoms with Gasteiger partial charge in [-0.25, -0.2) is 0 Å². The van der Waals surface area contributed by atoms with Crippen LogP contribution in [0.25, 0.3) is 0 Å². The molecule has 0 saturated heterocycles. The molecule has 1 N–H and O–H groups in total. The number of carboxylic acid groups (broad SMARTS) is 1. The number of nitrogens with zero attached hydrogens (tertiary/aromatic N) is 1. The highest BCUT2D eigenvalue weighted by Gasteiger charge is 2.29. The Hall–Kier alpha value is -1.67. The van der Waals surface area contributed by atoms with Crippen molar-refractivity contribution in [3.05, 3.63) is 31.5 Å². The number of nitro groups is 1. The molecule has 0 amide bonds. The van der Waals surface area contributed by atoms with E-state index < -0.39 is 29.5 Å². The molecule has 17 heavy (non-hydrogen) atoms. The minimum Gasteiger partial charge on any atom is -0.481 e. The molecule has 9 heteroatoms. The first-order chi connectivity index (χ1) is 7.90. The molecule has 0 fully saturated rings. The highest BCUT2D eigenvalue weighted by molar-refractivity contribution is 7.10. The van der Waals surface area contributed by atoms with Crippen LogP contribution in [0, 0.1) is 10.1 Å². The third-order valence-corrected chi connectivity index (χ3v) is 2.87. The van der Waals surface area contributed by atoms with Gasteiger partial charge >= 0.3 is 18.2 Å². The minimum atomic E-state index is -1.72. The number of hydrogen-bond donors (Lipinski definition) is 1. The lowest BCUT2D eigenvalue weighted by molar-refractivity contribution is -0.575. The summed E-state index contributed by atoms with van der Waals surface area (Å²) in [4.78, 5) is 31.2. The highest BCUT2D eigenvalue weighted by Crippen LogP contribution is 2.28. The number of hydrogen-bond acceptors (Lipinski definition) is 6. The van der Waals surface area contributed by atoms with Gasteiger partial charge < -0.3 is 9.84 Å². The SMILES string of the molecule is O=C(O)CC(=O)OC(c1cc(Cl)cs1)[N+](=O)[O-]. The number of thiophene rings is 1. The first-order valence-electron chi connectivity index (χ1n) is 4.19. The molecule has 1 aromatic heterocycles. The molecular weight excluding hydrogens is 274 g/mol. The Morgan fingerprint density at radius 1 is 1.65 bits per heavy atom. The first kappa shape index (κ1) is 13.4. The van der Waals surface area contributed by atoms with Gasteiger partial charge in [0.25, 0.3) is 0 Å². The van der Waals surface area contributed by atoms with Gasteiger partial charge in [-0.2, -0.15) is 0 Å². The minimum absolute atomic E-state index is 0.124. The number of ether oxygens (including phenoxy) is 1. The molecular formula is C8H6ClNO6S. The summed E-state index contributed by atoms with van der Waals surface area (Å²) in [5.74, 6) is -2.59. The Bertz CT molecular complexity index is 459. The van der Waals surface area contributed by atoms with E-state index in [1.165, 1.54) is 11.4 Å². The van der Waals surface area contributed by atoms with E-state index in [-0.39, 0.29) is 9.90 Å². The number of carbonyl (C=O) groups excluding carboxylic acids is 1. The van der Waals surface area contributed by atoms with Gasteiger partial charge in [0.15, 0.2) is 0 Å². The van der Waals surface area contributed by atoms with Crippen molar-refractivity contribution >= 4 is 34.9 Å². The average molecular weight is 280 g/mol. The van der Waals surface area contributed by atoms with Gasteiger partial charge in [-0.3, -0.25) is 19.7 Å². The van der Waals surface area contributed by atoms with Crippen molar-refractivity contribution < 1.29 is 24.4 Å². The van der Waals surface area contributed by atoms with Crippen molar-refractivity contribution in [2.75, 3.05) is 0 Å². The fourth-order valence-electron chi connectivity index (χ4n) is 0.952. The van der Waals surface area contributed by atoms with Crippen LogP contribution in [0.3, 0.4) is 0 Å². The van der Waals surface area contributed by atoms with E-state index in [1.807, 2.05) is 0 Å². The third kappa shape index (κ3) is 4.00. The van der Waals surface area contributed by atoms with Crippen LogP contribution in [-0.2, 0) is 14.3 Å². The zero-order valence-corrected chi connectivity index (χ0v) is 9.73. The van der Waals surface area contributed by atoms with Crippen LogP contribution in [-0.4, -0.2) is 22.0 Å². The fraction of sp³-hybridized carbons (Fsp3) is 0.250. The van der Waals surface area contributed by atoms with Gasteiger partial charge in [0, 0.05) is 5.38 Å². The number of carbonyl (C=O) groups is 2. The predicted molar refractivity (Wildman–Crippen MR) is 57.4 cm³/mol. The van der Waals surface area contributed by atoms with Gasteiger partial charge in [-0.05, 0) is 6.07 Å². The molecule has 1 heterocycles. The van der Waals surface area contributed by atoms with E-state index in [1.54, 1.807) is 0 Å². The Kier molecular flexibility index (Phi) is 4.41. The van der Waals surface area contributed by atoms with Gasteiger partial charge in [0.05, 0.1) is 9.95 Å². The molecule has 1 aromatic rings. The summed E-state index contributed by atoms with van der Waals surface area (Å²) >= 11 is 6.53. The topological polar surface area (TPSA) is 107 Å². The molecule has 92 valence electrons. The third-order valence-electron chi connectivity index (χ3n) is 1.56. The Balaban J connectivity index is 2.77. The molecule has 1 atom stereocenters. The normalized spacial score (nSPS) is 11.8. The van der Waals surface area contributed by atoms with Crippen LogP contribution in [0.1, 0.15) is 17.5 Å². The van der Waals surface area contributed by atoms with Crippen molar-refractivity contribution in [2.24, 2.45) is 0 Å². The van der Waals surface area contributed by atoms with Crippen LogP contribution >= 0.6 is 22.9 Å². The summed E-state index contributed by atoms with van der Waals surface area (Å²) in [5, 5.41) is 20.7. The number of rotatable bonds is 5. The van der Waals surface area contributed by atoms with Crippen molar-refractivity contribution in [3.63, 3.8) is 0 Å². The van der Waals surface area contributed by atoms with Crippen LogP contribution in [0.15, 0.2) is 11.4 Å². The molecule has 0 aliphatic heterocycles. The van der Waals surface area contributed by atoms with E-state index in [9.17, 15) is 19.7 Å². The van der Waals surface area contributed by atoms with Crippen molar-refractivity contribution in [2.45, 2.75) is 12.6 Å². The summed E-state index contributed by atoms with van der Waals surface area (Å²) in [6.07, 6.45) is -2.65.